The Morgan fingerprint density at radius 3 is 1.72 bits per heavy atom. The maximum atomic E-state index is 12.7. The number of halogens is 1. The summed E-state index contributed by atoms with van der Waals surface area (Å²) in [5.74, 6) is 0.888. The molecule has 0 atom stereocenters. The van der Waals surface area contributed by atoms with Crippen molar-refractivity contribution in [3.05, 3.63) is 155 Å². The van der Waals surface area contributed by atoms with Crippen molar-refractivity contribution in [3.8, 4) is 28.7 Å². The van der Waals surface area contributed by atoms with Gasteiger partial charge in [0.25, 0.3) is 26.2 Å². The number of thioether (sulfide) groups is 2. The summed E-state index contributed by atoms with van der Waals surface area (Å²) in [5, 5.41) is 34.5. The van der Waals surface area contributed by atoms with Crippen LogP contribution >= 0.6 is 23.5 Å². The molecule has 2 amide bonds. The predicted molar refractivity (Wildman–Crippen MR) is 234 cm³/mol. The van der Waals surface area contributed by atoms with Gasteiger partial charge in [-0.05, 0) is 121 Å². The minimum Gasteiger partial charge on any atom is -0.507 e. The molecule has 19 heteroatoms. The molecule has 0 saturated heterocycles. The van der Waals surface area contributed by atoms with Gasteiger partial charge >= 0.3 is 0 Å². The number of hydrogen-bond donors (Lipinski definition) is 5. The van der Waals surface area contributed by atoms with Crippen molar-refractivity contribution in [2.75, 3.05) is 36.7 Å². The van der Waals surface area contributed by atoms with Crippen molar-refractivity contribution in [2.24, 2.45) is 0 Å². The van der Waals surface area contributed by atoms with Crippen molar-refractivity contribution in [1.29, 1.82) is 0 Å². The highest BCUT2D eigenvalue weighted by molar-refractivity contribution is 8.14. The summed E-state index contributed by atoms with van der Waals surface area (Å²) in [6.45, 7) is 1.94. The molecule has 6 rings (SSSR count). The summed E-state index contributed by atoms with van der Waals surface area (Å²) in [6, 6.07) is 33.7. The molecule has 0 aliphatic heterocycles. The van der Waals surface area contributed by atoms with Crippen LogP contribution in [0.25, 0.3) is 0 Å². The molecule has 61 heavy (non-hydrogen) atoms. The Morgan fingerprint density at radius 2 is 1.20 bits per heavy atom. The second kappa shape index (κ2) is 22.4. The van der Waals surface area contributed by atoms with E-state index >= 15 is 0 Å². The number of methoxy groups -OCH3 is 3. The lowest BCUT2D eigenvalue weighted by Crippen LogP contribution is -2.14. The minimum atomic E-state index is -3.95. The lowest BCUT2D eigenvalue weighted by atomic mass is 10.2. The molecule has 5 N–H and O–H groups in total. The number of carbonyl (C=O) groups is 2. The monoisotopic (exact) mass is 890 g/mol. The normalized spacial score (nSPS) is 10.4. The van der Waals surface area contributed by atoms with Crippen molar-refractivity contribution in [3.63, 3.8) is 0 Å². The Morgan fingerprint density at radius 1 is 0.672 bits per heavy atom. The number of non-ortho nitro benzene ring substituents is 1. The highest BCUT2D eigenvalue weighted by Gasteiger charge is 2.21. The predicted octanol–water partition coefficient (Wildman–Crippen LogP) is 10.3. The molecular weight excluding hydrogens is 852 g/mol. The van der Waals surface area contributed by atoms with E-state index in [0.717, 1.165) is 29.1 Å². The van der Waals surface area contributed by atoms with E-state index in [4.69, 9.17) is 14.2 Å². The van der Waals surface area contributed by atoms with Crippen LogP contribution in [0.1, 0.15) is 5.56 Å². The smallest absolute Gasteiger partial charge is 0.288 e. The van der Waals surface area contributed by atoms with Crippen LogP contribution in [0.15, 0.2) is 148 Å². The van der Waals surface area contributed by atoms with Crippen LogP contribution in [0.5, 0.6) is 28.7 Å². The van der Waals surface area contributed by atoms with Gasteiger partial charge in [0.2, 0.25) is 0 Å². The summed E-state index contributed by atoms with van der Waals surface area (Å²) >= 11 is 1.81. The number of para-hydroxylation sites is 2. The molecule has 318 valence electrons. The average molecular weight is 891 g/mol. The number of amides is 2. The van der Waals surface area contributed by atoms with Gasteiger partial charge in [0.1, 0.15) is 39.5 Å². The molecule has 6 aromatic carbocycles. The maximum Gasteiger partial charge on any atom is 0.288 e. The number of aryl methyl sites for hydroxylation is 1. The number of benzene rings is 6. The number of ether oxygens (including phenoxy) is 3. The van der Waals surface area contributed by atoms with Crippen molar-refractivity contribution >= 4 is 66.8 Å². The van der Waals surface area contributed by atoms with Crippen LogP contribution in [-0.4, -0.2) is 55.4 Å². The Balaban J connectivity index is 0.000000203. The van der Waals surface area contributed by atoms with Gasteiger partial charge in [-0.1, -0.05) is 30.3 Å². The number of nitro groups is 1. The third kappa shape index (κ3) is 14.4. The van der Waals surface area contributed by atoms with Crippen LogP contribution in [0.2, 0.25) is 0 Å². The van der Waals surface area contributed by atoms with Gasteiger partial charge in [0.15, 0.2) is 0 Å². The molecule has 0 heterocycles. The van der Waals surface area contributed by atoms with E-state index in [1.54, 1.807) is 61.7 Å². The van der Waals surface area contributed by atoms with E-state index in [9.17, 15) is 42.7 Å². The third-order valence-electron chi connectivity index (χ3n) is 7.81. The van der Waals surface area contributed by atoms with Crippen molar-refractivity contribution < 1.29 is 51.7 Å². The van der Waals surface area contributed by atoms with Gasteiger partial charge in [-0.15, -0.1) is 0 Å². The number of carbonyl (C=O) groups excluding carboxylic acids is 2. The van der Waals surface area contributed by atoms with E-state index in [1.807, 2.05) is 19.1 Å². The van der Waals surface area contributed by atoms with E-state index in [-0.39, 0.29) is 49.8 Å². The van der Waals surface area contributed by atoms with E-state index in [1.165, 1.54) is 80.9 Å². The Hall–Kier alpha value is -6.96. The first-order valence-corrected chi connectivity index (χ1v) is 20.7. The topological polar surface area (TPSA) is 216 Å². The molecule has 0 unspecified atom stereocenters. The zero-order chi connectivity index (χ0) is 44.5. The number of nitrogens with zero attached hydrogens (tertiary/aromatic N) is 1. The summed E-state index contributed by atoms with van der Waals surface area (Å²) in [4.78, 5) is 34.6. The SMILES string of the molecule is COc1ccc(C)cc1NC(=O)Sc1ccccc1O.COc1ccc(OC)c(S(=O)(=O)Nc2ccc([N+](=O)[O-])cc2)c1.O=C(Nc1ccc(F)cc1)Sc1ccccc1O. The first-order chi connectivity index (χ1) is 29.1. The quantitative estimate of drug-likeness (QED) is 0.0465. The van der Waals surface area contributed by atoms with Gasteiger partial charge in [0, 0.05) is 29.6 Å². The fraction of sp³-hybridized carbons (Fsp3) is 0.0952. The first-order valence-electron chi connectivity index (χ1n) is 17.6. The van der Waals surface area contributed by atoms with E-state index < -0.39 is 14.9 Å². The number of nitro benzene ring substituents is 1. The number of anilines is 3. The highest BCUT2D eigenvalue weighted by Crippen LogP contribution is 2.33. The van der Waals surface area contributed by atoms with Crippen molar-refractivity contribution in [2.45, 2.75) is 21.6 Å². The van der Waals surface area contributed by atoms with Gasteiger partial charge in [-0.2, -0.15) is 0 Å². The molecule has 0 bridgehead atoms. The number of rotatable bonds is 11. The van der Waals surface area contributed by atoms with Crippen LogP contribution in [0.4, 0.5) is 36.7 Å². The summed E-state index contributed by atoms with van der Waals surface area (Å²) in [6.07, 6.45) is 0. The number of sulfonamides is 1. The molecule has 0 aromatic heterocycles. The van der Waals surface area contributed by atoms with E-state index in [2.05, 4.69) is 15.4 Å². The molecular formula is C42H39FN4O11S3. The zero-order valence-corrected chi connectivity index (χ0v) is 35.3. The number of phenols is 2. The van der Waals surface area contributed by atoms with Crippen molar-refractivity contribution in [1.82, 2.24) is 0 Å². The maximum absolute atomic E-state index is 12.7. The molecule has 0 spiro atoms. The lowest BCUT2D eigenvalue weighted by molar-refractivity contribution is -0.384. The van der Waals surface area contributed by atoms with Crippen LogP contribution < -0.4 is 29.6 Å². The molecule has 0 radical (unpaired) electrons. The minimum absolute atomic E-state index is 0.0526. The van der Waals surface area contributed by atoms with Gasteiger partial charge in [-0.3, -0.25) is 24.4 Å². The summed E-state index contributed by atoms with van der Waals surface area (Å²) in [5.41, 5.74) is 2.20. The van der Waals surface area contributed by atoms with Gasteiger partial charge in [0.05, 0.1) is 41.7 Å². The number of phenolic OH excluding ortho intramolecular Hbond substituents is 2. The van der Waals surface area contributed by atoms with Gasteiger partial charge in [-0.25, -0.2) is 12.8 Å². The Kier molecular flexibility index (Phi) is 17.2. The number of aromatic hydroxyl groups is 2. The second-order valence-electron chi connectivity index (χ2n) is 12.1. The number of hydrogen-bond acceptors (Lipinski definition) is 13. The molecule has 0 fully saturated rings. The molecule has 0 aliphatic rings. The molecule has 0 aliphatic carbocycles. The summed E-state index contributed by atoms with van der Waals surface area (Å²) < 4.78 is 55.3. The Labute approximate surface area is 359 Å². The molecule has 15 nitrogen and oxygen atoms in total. The third-order valence-corrected chi connectivity index (χ3v) is 10.9. The van der Waals surface area contributed by atoms with E-state index in [0.29, 0.717) is 32.7 Å². The largest absolute Gasteiger partial charge is 0.507 e. The zero-order valence-electron chi connectivity index (χ0n) is 32.8. The number of nitrogens with one attached hydrogen (secondary N) is 3. The summed E-state index contributed by atoms with van der Waals surface area (Å²) in [7, 11) is 0.378. The fourth-order valence-electron chi connectivity index (χ4n) is 4.87. The molecule has 0 saturated carbocycles. The Bertz CT molecular complexity index is 2560. The molecule has 6 aromatic rings. The standard InChI is InChI=1S/C15H15NO3S.C14H14N2O6S.C13H10FNO2S/c1-10-7-8-13(19-2)11(9-10)16-15(18)20-14-6-4-3-5-12(14)17;1-21-12-7-8-13(22-2)14(9-12)23(19,20)15-10-3-5-11(6-4-10)16(17)18;14-9-5-7-10(8-6-9)15-13(17)18-12-4-2-1-3-11(12)16/h3-9,17H,1-2H3,(H,16,18);3-9,15H,1-2H3;1-8,16H,(H,15,17). The average Bonchev–Trinajstić information content (AvgIpc) is 3.23. The highest BCUT2D eigenvalue weighted by atomic mass is 32.2. The first kappa shape index (κ1) is 46.7. The van der Waals surface area contributed by atoms with Crippen LogP contribution in [0, 0.1) is 22.9 Å². The second-order valence-corrected chi connectivity index (χ2v) is 15.8. The fourth-order valence-corrected chi connectivity index (χ4v) is 7.49. The van der Waals surface area contributed by atoms with Gasteiger partial charge < -0.3 is 35.1 Å². The lowest BCUT2D eigenvalue weighted by Gasteiger charge is -2.12. The van der Waals surface area contributed by atoms with Crippen LogP contribution in [0.3, 0.4) is 0 Å². The van der Waals surface area contributed by atoms with Crippen LogP contribution in [-0.2, 0) is 10.0 Å².